The predicted molar refractivity (Wildman–Crippen MR) is 94.1 cm³/mol. The number of carbonyl (C=O) groups is 2. The summed E-state index contributed by atoms with van der Waals surface area (Å²) in [6.07, 6.45) is 5.15. The van der Waals surface area contributed by atoms with Crippen LogP contribution in [-0.2, 0) is 11.3 Å². The van der Waals surface area contributed by atoms with Crippen LogP contribution < -0.4 is 0 Å². The van der Waals surface area contributed by atoms with Crippen molar-refractivity contribution >= 4 is 11.8 Å². The van der Waals surface area contributed by atoms with Crippen LogP contribution in [0.3, 0.4) is 0 Å². The maximum Gasteiger partial charge on any atom is 0.289 e. The summed E-state index contributed by atoms with van der Waals surface area (Å²) < 4.78 is 12.2. The summed E-state index contributed by atoms with van der Waals surface area (Å²) in [6, 6.07) is 3.41. The van der Waals surface area contributed by atoms with Gasteiger partial charge in [0.25, 0.3) is 11.8 Å². The fourth-order valence-electron chi connectivity index (χ4n) is 3.63. The molecule has 144 valence electrons. The van der Waals surface area contributed by atoms with Gasteiger partial charge < -0.3 is 19.0 Å². The molecule has 4 heterocycles. The first-order valence-electron chi connectivity index (χ1n) is 9.30. The van der Waals surface area contributed by atoms with Crippen LogP contribution in [0.15, 0.2) is 29.0 Å². The third-order valence-electron chi connectivity index (χ3n) is 5.04. The molecule has 2 aliphatic rings. The molecule has 1 atom stereocenters. The number of morpholine rings is 1. The second-order valence-electron chi connectivity index (χ2n) is 6.97. The van der Waals surface area contributed by atoms with E-state index >= 15 is 0 Å². The third kappa shape index (κ3) is 4.02. The second-order valence-corrected chi connectivity index (χ2v) is 6.97. The molecule has 0 N–H and O–H groups in total. The zero-order valence-corrected chi connectivity index (χ0v) is 15.1. The number of carbonyl (C=O) groups excluding carboxylic acids is 2. The van der Waals surface area contributed by atoms with Crippen LogP contribution in [0.1, 0.15) is 33.9 Å². The highest BCUT2D eigenvalue weighted by Crippen LogP contribution is 2.20. The Bertz CT molecular complexity index is 782. The maximum absolute atomic E-state index is 12.5. The standard InChI is InChI=1S/C18H23N5O4/c24-17(21-6-9-26-10-7-21)15-13-23(20-19-15)12-14-3-1-5-22(11-14)18(25)16-4-2-8-27-16/h2,4,8,13-14H,1,3,5-7,9-12H2/t14-/m0/s1. The van der Waals surface area contributed by atoms with E-state index in [2.05, 4.69) is 10.3 Å². The first kappa shape index (κ1) is 17.7. The van der Waals surface area contributed by atoms with Gasteiger partial charge in [0.05, 0.1) is 25.7 Å². The zero-order valence-electron chi connectivity index (χ0n) is 15.1. The molecule has 0 aliphatic carbocycles. The van der Waals surface area contributed by atoms with Gasteiger partial charge in [0.15, 0.2) is 11.5 Å². The van der Waals surface area contributed by atoms with Gasteiger partial charge in [-0.2, -0.15) is 0 Å². The molecule has 0 aromatic carbocycles. The van der Waals surface area contributed by atoms with Gasteiger partial charge in [-0.15, -0.1) is 5.10 Å². The summed E-state index contributed by atoms with van der Waals surface area (Å²) in [5.74, 6) is 0.454. The maximum atomic E-state index is 12.5. The van der Waals surface area contributed by atoms with E-state index in [9.17, 15) is 9.59 Å². The first-order chi connectivity index (χ1) is 13.2. The largest absolute Gasteiger partial charge is 0.459 e. The predicted octanol–water partition coefficient (Wildman–Crippen LogP) is 0.896. The van der Waals surface area contributed by atoms with E-state index in [0.717, 1.165) is 19.4 Å². The lowest BCUT2D eigenvalue weighted by Crippen LogP contribution is -2.41. The molecule has 2 saturated heterocycles. The highest BCUT2D eigenvalue weighted by atomic mass is 16.5. The molecule has 2 fully saturated rings. The van der Waals surface area contributed by atoms with E-state index in [1.165, 1.54) is 6.26 Å². The lowest BCUT2D eigenvalue weighted by molar-refractivity contribution is 0.0299. The van der Waals surface area contributed by atoms with E-state index < -0.39 is 0 Å². The van der Waals surface area contributed by atoms with Crippen molar-refractivity contribution < 1.29 is 18.7 Å². The fraction of sp³-hybridized carbons (Fsp3) is 0.556. The molecular formula is C18H23N5O4. The lowest BCUT2D eigenvalue weighted by atomic mass is 9.98. The van der Waals surface area contributed by atoms with Gasteiger partial charge >= 0.3 is 0 Å². The molecular weight excluding hydrogens is 350 g/mol. The first-order valence-corrected chi connectivity index (χ1v) is 9.30. The highest BCUT2D eigenvalue weighted by Gasteiger charge is 2.27. The Hall–Kier alpha value is -2.68. The molecule has 9 nitrogen and oxygen atoms in total. The van der Waals surface area contributed by atoms with Crippen molar-refractivity contribution in [3.8, 4) is 0 Å². The van der Waals surface area contributed by atoms with Gasteiger partial charge in [-0.25, -0.2) is 0 Å². The Morgan fingerprint density at radius 1 is 1.15 bits per heavy atom. The minimum Gasteiger partial charge on any atom is -0.459 e. The molecule has 27 heavy (non-hydrogen) atoms. The van der Waals surface area contributed by atoms with E-state index in [0.29, 0.717) is 50.8 Å². The molecule has 4 rings (SSSR count). The van der Waals surface area contributed by atoms with Crippen LogP contribution in [0.5, 0.6) is 0 Å². The molecule has 2 aromatic heterocycles. The average molecular weight is 373 g/mol. The van der Waals surface area contributed by atoms with Crippen LogP contribution in [-0.4, -0.2) is 76.0 Å². The van der Waals surface area contributed by atoms with Crippen molar-refractivity contribution in [2.24, 2.45) is 5.92 Å². The molecule has 2 aliphatic heterocycles. The SMILES string of the molecule is O=C(c1cn(C[C@H]2CCCN(C(=O)c3ccco3)C2)nn1)N1CCOCC1. The van der Waals surface area contributed by atoms with Gasteiger partial charge in [-0.05, 0) is 30.9 Å². The average Bonchev–Trinajstić information content (AvgIpc) is 3.40. The van der Waals surface area contributed by atoms with Gasteiger partial charge in [-0.3, -0.25) is 14.3 Å². The number of hydrogen-bond donors (Lipinski definition) is 0. The number of furan rings is 1. The van der Waals surface area contributed by atoms with Gasteiger partial charge in [0, 0.05) is 32.7 Å². The van der Waals surface area contributed by atoms with Crippen molar-refractivity contribution in [3.63, 3.8) is 0 Å². The van der Waals surface area contributed by atoms with Crippen LogP contribution >= 0.6 is 0 Å². The minimum absolute atomic E-state index is 0.0773. The summed E-state index contributed by atoms with van der Waals surface area (Å²) in [6.45, 7) is 4.28. The Morgan fingerprint density at radius 2 is 2.00 bits per heavy atom. The molecule has 0 unspecified atom stereocenters. The van der Waals surface area contributed by atoms with Crippen molar-refractivity contribution in [1.82, 2.24) is 24.8 Å². The van der Waals surface area contributed by atoms with Crippen LogP contribution in [0.2, 0.25) is 0 Å². The Balaban J connectivity index is 1.35. The molecule has 0 saturated carbocycles. The zero-order chi connectivity index (χ0) is 18.6. The van der Waals surface area contributed by atoms with E-state index in [1.54, 1.807) is 27.9 Å². The van der Waals surface area contributed by atoms with Gasteiger partial charge in [0.2, 0.25) is 0 Å². The number of amides is 2. The molecule has 2 aromatic rings. The molecule has 2 amide bonds. The minimum atomic E-state index is -0.109. The normalized spacial score (nSPS) is 20.7. The third-order valence-corrected chi connectivity index (χ3v) is 5.04. The van der Waals surface area contributed by atoms with E-state index in [1.807, 2.05) is 4.90 Å². The van der Waals surface area contributed by atoms with Crippen LogP contribution in [0.25, 0.3) is 0 Å². The molecule has 0 radical (unpaired) electrons. The summed E-state index contributed by atoms with van der Waals surface area (Å²) >= 11 is 0. The number of likely N-dealkylation sites (tertiary alicyclic amines) is 1. The molecule has 0 spiro atoms. The summed E-state index contributed by atoms with van der Waals surface area (Å²) in [7, 11) is 0. The number of ether oxygens (including phenoxy) is 1. The monoisotopic (exact) mass is 373 g/mol. The van der Waals surface area contributed by atoms with Crippen molar-refractivity contribution in [3.05, 3.63) is 36.0 Å². The fourth-order valence-corrected chi connectivity index (χ4v) is 3.63. The number of rotatable bonds is 4. The number of piperidine rings is 1. The highest BCUT2D eigenvalue weighted by molar-refractivity contribution is 5.92. The van der Waals surface area contributed by atoms with Gasteiger partial charge in [-0.1, -0.05) is 5.21 Å². The number of aromatic nitrogens is 3. The smallest absolute Gasteiger partial charge is 0.289 e. The Kier molecular flexibility index (Phi) is 5.19. The topological polar surface area (TPSA) is 93.7 Å². The summed E-state index contributed by atoms with van der Waals surface area (Å²) in [5, 5.41) is 8.15. The van der Waals surface area contributed by atoms with Crippen LogP contribution in [0.4, 0.5) is 0 Å². The molecule has 9 heteroatoms. The number of nitrogens with zero attached hydrogens (tertiary/aromatic N) is 5. The van der Waals surface area contributed by atoms with E-state index in [-0.39, 0.29) is 17.7 Å². The van der Waals surface area contributed by atoms with Gasteiger partial charge in [0.1, 0.15) is 0 Å². The lowest BCUT2D eigenvalue weighted by Gasteiger charge is -2.32. The summed E-state index contributed by atoms with van der Waals surface area (Å²) in [4.78, 5) is 28.5. The Morgan fingerprint density at radius 3 is 2.78 bits per heavy atom. The van der Waals surface area contributed by atoms with E-state index in [4.69, 9.17) is 9.15 Å². The van der Waals surface area contributed by atoms with Crippen molar-refractivity contribution in [2.75, 3.05) is 39.4 Å². The molecule has 0 bridgehead atoms. The second kappa shape index (κ2) is 7.91. The van der Waals surface area contributed by atoms with Crippen molar-refractivity contribution in [1.29, 1.82) is 0 Å². The van der Waals surface area contributed by atoms with Crippen LogP contribution in [0, 0.1) is 5.92 Å². The quantitative estimate of drug-likeness (QED) is 0.790. The van der Waals surface area contributed by atoms with Crippen molar-refractivity contribution in [2.45, 2.75) is 19.4 Å². The summed E-state index contributed by atoms with van der Waals surface area (Å²) in [5.41, 5.74) is 0.358. The Labute approximate surface area is 156 Å². The number of hydrogen-bond acceptors (Lipinski definition) is 6.